The number of ketones is 1. The molecule has 0 heterocycles. The molecule has 0 amide bonds. The zero-order chi connectivity index (χ0) is 15.6. The van der Waals surface area contributed by atoms with E-state index in [-0.39, 0.29) is 17.6 Å². The minimum atomic E-state index is -0.212. The smallest absolute Gasteiger partial charge is 0.160 e. The fraction of sp³-hybridized carbons (Fsp3) is 0.235. The van der Waals surface area contributed by atoms with Crippen LogP contribution in [0.1, 0.15) is 35.8 Å². The predicted molar refractivity (Wildman–Crippen MR) is 87.4 cm³/mol. The van der Waals surface area contributed by atoms with Gasteiger partial charge < -0.3 is 4.90 Å². The van der Waals surface area contributed by atoms with Crippen molar-refractivity contribution in [3.05, 3.63) is 63.9 Å². The van der Waals surface area contributed by atoms with Gasteiger partial charge >= 0.3 is 0 Å². The molecule has 21 heavy (non-hydrogen) atoms. The van der Waals surface area contributed by atoms with Crippen molar-refractivity contribution in [3.63, 3.8) is 0 Å². The first-order valence-electron chi connectivity index (χ1n) is 6.69. The highest BCUT2D eigenvalue weighted by atomic mass is 79.9. The van der Waals surface area contributed by atoms with E-state index >= 15 is 0 Å². The van der Waals surface area contributed by atoms with E-state index in [2.05, 4.69) is 15.9 Å². The third-order valence-electron chi connectivity index (χ3n) is 3.68. The van der Waals surface area contributed by atoms with Crippen LogP contribution in [0.4, 0.5) is 10.1 Å². The molecule has 0 aliphatic rings. The molecule has 1 unspecified atom stereocenters. The molecule has 2 rings (SSSR count). The van der Waals surface area contributed by atoms with Crippen LogP contribution >= 0.6 is 15.9 Å². The van der Waals surface area contributed by atoms with E-state index in [9.17, 15) is 9.18 Å². The summed E-state index contributed by atoms with van der Waals surface area (Å²) in [5.41, 5.74) is 2.21. The van der Waals surface area contributed by atoms with Crippen LogP contribution in [0.25, 0.3) is 0 Å². The fourth-order valence-electron chi connectivity index (χ4n) is 2.26. The first-order valence-corrected chi connectivity index (χ1v) is 7.49. The van der Waals surface area contributed by atoms with Crippen molar-refractivity contribution < 1.29 is 9.18 Å². The molecule has 2 aromatic carbocycles. The molecule has 4 heteroatoms. The van der Waals surface area contributed by atoms with Crippen molar-refractivity contribution in [1.29, 1.82) is 0 Å². The normalized spacial score (nSPS) is 12.0. The lowest BCUT2D eigenvalue weighted by Gasteiger charge is -2.28. The Kier molecular flexibility index (Phi) is 4.78. The van der Waals surface area contributed by atoms with Crippen LogP contribution < -0.4 is 4.90 Å². The highest BCUT2D eigenvalue weighted by Crippen LogP contribution is 2.30. The second-order valence-electron chi connectivity index (χ2n) is 5.03. The molecular formula is C17H17BrFNO. The molecule has 0 aromatic heterocycles. The summed E-state index contributed by atoms with van der Waals surface area (Å²) in [4.78, 5) is 13.4. The number of nitrogens with zero attached hydrogens (tertiary/aromatic N) is 1. The Morgan fingerprint density at radius 3 is 2.48 bits per heavy atom. The summed E-state index contributed by atoms with van der Waals surface area (Å²) in [6.45, 7) is 3.48. The van der Waals surface area contributed by atoms with E-state index in [0.717, 1.165) is 10.2 Å². The van der Waals surface area contributed by atoms with Crippen LogP contribution in [0.3, 0.4) is 0 Å². The van der Waals surface area contributed by atoms with Gasteiger partial charge in [-0.3, -0.25) is 4.79 Å². The van der Waals surface area contributed by atoms with E-state index < -0.39 is 0 Å². The van der Waals surface area contributed by atoms with Gasteiger partial charge in [0.2, 0.25) is 0 Å². The largest absolute Gasteiger partial charge is 0.368 e. The summed E-state index contributed by atoms with van der Waals surface area (Å²) in [5.74, 6) is -0.200. The molecule has 110 valence electrons. The number of rotatable bonds is 4. The molecule has 0 fully saturated rings. The third kappa shape index (κ3) is 3.32. The number of carbonyl (C=O) groups excluding carboxylic acids is 1. The second kappa shape index (κ2) is 6.39. The quantitative estimate of drug-likeness (QED) is 0.724. The average molecular weight is 350 g/mol. The predicted octanol–water partition coefficient (Wildman–Crippen LogP) is 4.99. The van der Waals surface area contributed by atoms with E-state index in [1.165, 1.54) is 13.0 Å². The molecule has 0 N–H and O–H groups in total. The Bertz CT molecular complexity index is 672. The number of Topliss-reactive ketones (excluding diaryl/α,β-unsaturated/α-hetero) is 1. The number of benzene rings is 2. The molecule has 0 aliphatic carbocycles. The molecular weight excluding hydrogens is 333 g/mol. The molecule has 0 saturated carbocycles. The fourth-order valence-corrected chi connectivity index (χ4v) is 2.90. The highest BCUT2D eigenvalue weighted by molar-refractivity contribution is 9.10. The first-order chi connectivity index (χ1) is 9.91. The van der Waals surface area contributed by atoms with Gasteiger partial charge in [0.1, 0.15) is 5.82 Å². The Labute approximate surface area is 132 Å². The molecule has 0 spiro atoms. The standard InChI is InChI=1S/C17H17BrFNO/c1-11(14-6-4-5-7-17(14)19)20(3)13-8-9-15(12(2)21)16(18)10-13/h4-11H,1-3H3. The monoisotopic (exact) mass is 349 g/mol. The van der Waals surface area contributed by atoms with Gasteiger partial charge in [-0.05, 0) is 54.0 Å². The Balaban J connectivity index is 2.32. The summed E-state index contributed by atoms with van der Waals surface area (Å²) >= 11 is 3.41. The van der Waals surface area contributed by atoms with E-state index in [4.69, 9.17) is 0 Å². The molecule has 0 saturated heterocycles. The maximum Gasteiger partial charge on any atom is 0.160 e. The van der Waals surface area contributed by atoms with Crippen molar-refractivity contribution >= 4 is 27.4 Å². The Hall–Kier alpha value is -1.68. The summed E-state index contributed by atoms with van der Waals surface area (Å²) in [5, 5.41) is 0. The summed E-state index contributed by atoms with van der Waals surface area (Å²) in [6.07, 6.45) is 0. The molecule has 2 aromatic rings. The van der Waals surface area contributed by atoms with E-state index in [0.29, 0.717) is 11.1 Å². The van der Waals surface area contributed by atoms with Gasteiger partial charge in [0.15, 0.2) is 5.78 Å². The SMILES string of the molecule is CC(=O)c1ccc(N(C)C(C)c2ccccc2F)cc1Br. The van der Waals surface area contributed by atoms with Crippen LogP contribution in [0.2, 0.25) is 0 Å². The van der Waals surface area contributed by atoms with Gasteiger partial charge in [0.05, 0.1) is 6.04 Å². The molecule has 1 atom stereocenters. The van der Waals surface area contributed by atoms with Gasteiger partial charge in [0, 0.05) is 28.3 Å². The summed E-state index contributed by atoms with van der Waals surface area (Å²) in [7, 11) is 1.91. The summed E-state index contributed by atoms with van der Waals surface area (Å²) in [6, 6.07) is 12.2. The Morgan fingerprint density at radius 1 is 1.24 bits per heavy atom. The zero-order valence-electron chi connectivity index (χ0n) is 12.2. The summed E-state index contributed by atoms with van der Waals surface area (Å²) < 4.78 is 14.6. The number of hydrogen-bond donors (Lipinski definition) is 0. The van der Waals surface area contributed by atoms with Crippen molar-refractivity contribution in [2.75, 3.05) is 11.9 Å². The highest BCUT2D eigenvalue weighted by Gasteiger charge is 2.17. The van der Waals surface area contributed by atoms with Gasteiger partial charge in [-0.25, -0.2) is 4.39 Å². The molecule has 2 nitrogen and oxygen atoms in total. The van der Waals surface area contributed by atoms with Crippen LogP contribution in [0, 0.1) is 5.82 Å². The molecule has 0 aliphatic heterocycles. The molecule has 0 radical (unpaired) electrons. The average Bonchev–Trinajstić information content (AvgIpc) is 2.45. The van der Waals surface area contributed by atoms with E-state index in [1.807, 2.05) is 37.1 Å². The number of carbonyl (C=O) groups is 1. The zero-order valence-corrected chi connectivity index (χ0v) is 13.8. The Morgan fingerprint density at radius 2 is 1.90 bits per heavy atom. The van der Waals surface area contributed by atoms with Crippen LogP contribution in [0.5, 0.6) is 0 Å². The lowest BCUT2D eigenvalue weighted by Crippen LogP contribution is -2.22. The lowest BCUT2D eigenvalue weighted by molar-refractivity contribution is 0.101. The van der Waals surface area contributed by atoms with Gasteiger partial charge in [-0.15, -0.1) is 0 Å². The van der Waals surface area contributed by atoms with Crippen molar-refractivity contribution in [2.24, 2.45) is 0 Å². The van der Waals surface area contributed by atoms with Crippen LogP contribution in [-0.4, -0.2) is 12.8 Å². The van der Waals surface area contributed by atoms with Crippen molar-refractivity contribution in [1.82, 2.24) is 0 Å². The third-order valence-corrected chi connectivity index (χ3v) is 4.33. The van der Waals surface area contributed by atoms with Crippen LogP contribution in [0.15, 0.2) is 46.9 Å². The van der Waals surface area contributed by atoms with Crippen molar-refractivity contribution in [3.8, 4) is 0 Å². The van der Waals surface area contributed by atoms with Gasteiger partial charge in [-0.1, -0.05) is 18.2 Å². The number of anilines is 1. The maximum absolute atomic E-state index is 13.9. The first kappa shape index (κ1) is 15.7. The van der Waals surface area contributed by atoms with Crippen molar-refractivity contribution in [2.45, 2.75) is 19.9 Å². The van der Waals surface area contributed by atoms with E-state index in [1.54, 1.807) is 18.2 Å². The number of halogens is 2. The maximum atomic E-state index is 13.9. The number of hydrogen-bond acceptors (Lipinski definition) is 2. The van der Waals surface area contributed by atoms with Crippen LogP contribution in [-0.2, 0) is 0 Å². The second-order valence-corrected chi connectivity index (χ2v) is 5.88. The topological polar surface area (TPSA) is 20.3 Å². The minimum Gasteiger partial charge on any atom is -0.368 e. The lowest BCUT2D eigenvalue weighted by atomic mass is 10.1. The van der Waals surface area contributed by atoms with Gasteiger partial charge in [-0.2, -0.15) is 0 Å². The van der Waals surface area contributed by atoms with Gasteiger partial charge in [0.25, 0.3) is 0 Å². The molecule has 0 bridgehead atoms. The minimum absolute atomic E-state index is 0.0123.